The first kappa shape index (κ1) is 12.7. The van der Waals surface area contributed by atoms with E-state index in [1.165, 1.54) is 30.4 Å². The summed E-state index contributed by atoms with van der Waals surface area (Å²) >= 11 is 0. The van der Waals surface area contributed by atoms with Crippen LogP contribution in [0, 0.1) is 17.3 Å². The van der Waals surface area contributed by atoms with Crippen molar-refractivity contribution in [3.05, 3.63) is 29.3 Å². The quantitative estimate of drug-likeness (QED) is 0.757. The van der Waals surface area contributed by atoms with Gasteiger partial charge in [0.05, 0.1) is 6.10 Å². The Morgan fingerprint density at radius 3 is 2.85 bits per heavy atom. The normalized spacial score (nSPS) is 42.7. The lowest BCUT2D eigenvalue weighted by atomic mass is 9.55. The van der Waals surface area contributed by atoms with E-state index in [9.17, 15) is 10.2 Å². The van der Waals surface area contributed by atoms with E-state index in [1.54, 1.807) is 0 Å². The van der Waals surface area contributed by atoms with Crippen molar-refractivity contribution in [1.82, 2.24) is 0 Å². The maximum absolute atomic E-state index is 10.4. The fraction of sp³-hybridized carbons (Fsp3) is 0.667. The molecule has 108 valence electrons. The number of hydrogen-bond acceptors (Lipinski definition) is 2. The minimum Gasteiger partial charge on any atom is -0.508 e. The van der Waals surface area contributed by atoms with E-state index in [1.807, 2.05) is 12.1 Å². The van der Waals surface area contributed by atoms with Gasteiger partial charge in [-0.1, -0.05) is 13.0 Å². The third-order valence-corrected chi connectivity index (χ3v) is 6.66. The third kappa shape index (κ3) is 1.60. The van der Waals surface area contributed by atoms with Crippen LogP contribution < -0.4 is 0 Å². The summed E-state index contributed by atoms with van der Waals surface area (Å²) in [6, 6.07) is 5.96. The second-order valence-corrected chi connectivity index (χ2v) is 7.44. The number of aryl methyl sites for hydroxylation is 1. The maximum Gasteiger partial charge on any atom is 0.115 e. The van der Waals surface area contributed by atoms with Crippen LogP contribution in [0.3, 0.4) is 0 Å². The van der Waals surface area contributed by atoms with Gasteiger partial charge >= 0.3 is 0 Å². The number of aliphatic hydroxyl groups is 1. The number of fused-ring (bicyclic) bond motifs is 5. The van der Waals surface area contributed by atoms with E-state index < -0.39 is 0 Å². The van der Waals surface area contributed by atoms with E-state index in [0.717, 1.165) is 25.2 Å². The zero-order chi connectivity index (χ0) is 13.9. The van der Waals surface area contributed by atoms with Crippen molar-refractivity contribution in [2.24, 2.45) is 17.3 Å². The Morgan fingerprint density at radius 2 is 2.00 bits per heavy atom. The predicted molar refractivity (Wildman–Crippen MR) is 78.7 cm³/mol. The number of benzene rings is 1. The molecule has 2 nitrogen and oxygen atoms in total. The highest BCUT2D eigenvalue weighted by molar-refractivity contribution is 5.40. The van der Waals surface area contributed by atoms with Gasteiger partial charge in [-0.3, -0.25) is 0 Å². The van der Waals surface area contributed by atoms with Crippen molar-refractivity contribution in [3.8, 4) is 5.75 Å². The lowest BCUT2D eigenvalue weighted by Crippen LogP contribution is -2.43. The second kappa shape index (κ2) is 4.24. The van der Waals surface area contributed by atoms with Crippen LogP contribution in [0.5, 0.6) is 5.75 Å². The lowest BCUT2D eigenvalue weighted by molar-refractivity contribution is -0.0226. The first-order valence-corrected chi connectivity index (χ1v) is 8.09. The molecule has 0 heterocycles. The largest absolute Gasteiger partial charge is 0.508 e. The first-order valence-electron chi connectivity index (χ1n) is 8.09. The maximum atomic E-state index is 10.4. The van der Waals surface area contributed by atoms with Crippen LogP contribution in [0.2, 0.25) is 0 Å². The molecule has 1 unspecified atom stereocenters. The van der Waals surface area contributed by atoms with Crippen molar-refractivity contribution < 1.29 is 10.2 Å². The highest BCUT2D eigenvalue weighted by Crippen LogP contribution is 2.60. The molecule has 0 aliphatic heterocycles. The number of rotatable bonds is 0. The lowest BCUT2D eigenvalue weighted by Gasteiger charge is -2.50. The topological polar surface area (TPSA) is 40.5 Å². The average molecular weight is 272 g/mol. The molecule has 1 aromatic carbocycles. The van der Waals surface area contributed by atoms with Crippen LogP contribution in [-0.4, -0.2) is 16.3 Å². The summed E-state index contributed by atoms with van der Waals surface area (Å²) in [7, 11) is 0. The first-order chi connectivity index (χ1) is 9.59. The van der Waals surface area contributed by atoms with Gasteiger partial charge in [-0.05, 0) is 85.0 Å². The minimum atomic E-state index is -0.0883. The molecule has 1 aromatic rings. The highest BCUT2D eigenvalue weighted by atomic mass is 16.3. The Labute approximate surface area is 120 Å². The van der Waals surface area contributed by atoms with E-state index in [4.69, 9.17) is 0 Å². The molecule has 0 spiro atoms. The van der Waals surface area contributed by atoms with Crippen molar-refractivity contribution >= 4 is 0 Å². The molecule has 2 saturated carbocycles. The summed E-state index contributed by atoms with van der Waals surface area (Å²) < 4.78 is 0. The molecule has 20 heavy (non-hydrogen) atoms. The predicted octanol–water partition coefficient (Wildman–Crippen LogP) is 3.61. The number of hydrogen-bond donors (Lipinski definition) is 2. The number of aliphatic hydroxyl groups excluding tert-OH is 1. The highest BCUT2D eigenvalue weighted by Gasteiger charge is 2.54. The molecule has 0 radical (unpaired) electrons. The Kier molecular flexibility index (Phi) is 2.69. The van der Waals surface area contributed by atoms with Gasteiger partial charge < -0.3 is 10.2 Å². The molecule has 3 aliphatic carbocycles. The standard InChI is InChI=1S/C18H24O2/c1-18-9-8-14-13-5-3-12(19)10-11(13)2-4-15(14)16(18)6-7-17(18)20/h3,5,10,14-17,19-20H,2,4,6-9H2,1H3/t14-,15-,16+,17?,18+/m0/s1. The zero-order valence-electron chi connectivity index (χ0n) is 12.2. The van der Waals surface area contributed by atoms with Crippen molar-refractivity contribution in [2.45, 2.75) is 57.5 Å². The van der Waals surface area contributed by atoms with Gasteiger partial charge in [-0.25, -0.2) is 0 Å². The third-order valence-electron chi connectivity index (χ3n) is 6.66. The number of aromatic hydroxyl groups is 1. The van der Waals surface area contributed by atoms with Gasteiger partial charge in [0.15, 0.2) is 0 Å². The van der Waals surface area contributed by atoms with Gasteiger partial charge in [0, 0.05) is 0 Å². The Morgan fingerprint density at radius 1 is 1.15 bits per heavy atom. The van der Waals surface area contributed by atoms with E-state index >= 15 is 0 Å². The Bertz CT molecular complexity index is 538. The van der Waals surface area contributed by atoms with Gasteiger partial charge in [-0.2, -0.15) is 0 Å². The summed E-state index contributed by atoms with van der Waals surface area (Å²) in [5.41, 5.74) is 2.99. The van der Waals surface area contributed by atoms with E-state index in [-0.39, 0.29) is 11.5 Å². The summed E-state index contributed by atoms with van der Waals surface area (Å²) in [6.45, 7) is 2.32. The summed E-state index contributed by atoms with van der Waals surface area (Å²) in [5, 5.41) is 20.0. The second-order valence-electron chi connectivity index (χ2n) is 7.44. The fourth-order valence-corrected chi connectivity index (χ4v) is 5.54. The molecular weight excluding hydrogens is 248 g/mol. The molecule has 0 bridgehead atoms. The van der Waals surface area contributed by atoms with Crippen molar-refractivity contribution in [3.63, 3.8) is 0 Å². The minimum absolute atomic E-state index is 0.0883. The van der Waals surface area contributed by atoms with Crippen LogP contribution >= 0.6 is 0 Å². The van der Waals surface area contributed by atoms with Gasteiger partial charge in [0.2, 0.25) is 0 Å². The summed E-state index contributed by atoms with van der Waals surface area (Å²) in [5.74, 6) is 2.49. The number of phenols is 1. The van der Waals surface area contributed by atoms with Gasteiger partial charge in [0.25, 0.3) is 0 Å². The Balaban J connectivity index is 1.71. The Hall–Kier alpha value is -1.02. The van der Waals surface area contributed by atoms with Gasteiger partial charge in [-0.15, -0.1) is 0 Å². The van der Waals surface area contributed by atoms with Crippen LogP contribution in [0.25, 0.3) is 0 Å². The molecule has 2 N–H and O–H groups in total. The van der Waals surface area contributed by atoms with Crippen LogP contribution in [0.1, 0.15) is 56.1 Å². The summed E-state index contributed by atoms with van der Waals surface area (Å²) in [4.78, 5) is 0. The van der Waals surface area contributed by atoms with Crippen LogP contribution in [0.4, 0.5) is 0 Å². The molecule has 4 rings (SSSR count). The van der Waals surface area contributed by atoms with Crippen molar-refractivity contribution in [1.29, 1.82) is 0 Å². The monoisotopic (exact) mass is 272 g/mol. The SMILES string of the molecule is C[C@@]12CC[C@H]3c4ccc(O)cc4CC[C@@H]3[C@H]1CCC2O. The summed E-state index contributed by atoms with van der Waals surface area (Å²) in [6.07, 6.45) is 6.78. The molecule has 3 aliphatic rings. The van der Waals surface area contributed by atoms with Crippen molar-refractivity contribution in [2.75, 3.05) is 0 Å². The van der Waals surface area contributed by atoms with Crippen LogP contribution in [-0.2, 0) is 6.42 Å². The number of phenolic OH excluding ortho intramolecular Hbond substituents is 1. The molecule has 0 aromatic heterocycles. The smallest absolute Gasteiger partial charge is 0.115 e. The average Bonchev–Trinajstić information content (AvgIpc) is 2.74. The fourth-order valence-electron chi connectivity index (χ4n) is 5.54. The van der Waals surface area contributed by atoms with E-state index in [0.29, 0.717) is 17.6 Å². The molecule has 0 amide bonds. The molecular formula is C18H24O2. The molecule has 2 fully saturated rings. The van der Waals surface area contributed by atoms with Gasteiger partial charge in [0.1, 0.15) is 5.75 Å². The van der Waals surface area contributed by atoms with E-state index in [2.05, 4.69) is 13.0 Å². The molecule has 5 atom stereocenters. The van der Waals surface area contributed by atoms with Crippen LogP contribution in [0.15, 0.2) is 18.2 Å². The molecule has 0 saturated heterocycles. The molecule has 2 heteroatoms. The zero-order valence-corrected chi connectivity index (χ0v) is 12.2.